The lowest BCUT2D eigenvalue weighted by Gasteiger charge is -2.26. The van der Waals surface area contributed by atoms with Gasteiger partial charge in [-0.2, -0.15) is 5.10 Å². The average molecular weight is 492 g/mol. The van der Waals surface area contributed by atoms with Gasteiger partial charge in [0.1, 0.15) is 22.9 Å². The Kier molecular flexibility index (Phi) is 8.65. The number of carbonyl (C=O) groups is 1. The summed E-state index contributed by atoms with van der Waals surface area (Å²) in [5.74, 6) is 0.864. The van der Waals surface area contributed by atoms with E-state index in [2.05, 4.69) is 17.1 Å². The van der Waals surface area contributed by atoms with E-state index >= 15 is 0 Å². The van der Waals surface area contributed by atoms with Gasteiger partial charge >= 0.3 is 0 Å². The fourth-order valence-electron chi connectivity index (χ4n) is 4.67. The Hall–Kier alpha value is -3.32. The molecule has 1 amide bonds. The lowest BCUT2D eigenvalue weighted by atomic mass is 9.95. The molecular formula is C29H37N3O4. The van der Waals surface area contributed by atoms with Gasteiger partial charge in [0.05, 0.1) is 18.8 Å². The number of para-hydroxylation sites is 1. The van der Waals surface area contributed by atoms with E-state index in [1.807, 2.05) is 55.1 Å². The van der Waals surface area contributed by atoms with Crippen LogP contribution in [0.25, 0.3) is 11.3 Å². The molecule has 0 bridgehead atoms. The fourth-order valence-corrected chi connectivity index (χ4v) is 4.67. The monoisotopic (exact) mass is 491 g/mol. The Morgan fingerprint density at radius 3 is 2.53 bits per heavy atom. The molecule has 1 aromatic heterocycles. The number of benzene rings is 2. The highest BCUT2D eigenvalue weighted by Crippen LogP contribution is 2.44. The van der Waals surface area contributed by atoms with Crippen molar-refractivity contribution in [2.24, 2.45) is 0 Å². The number of nitrogens with one attached hydrogen (secondary N) is 1. The molecule has 1 aliphatic rings. The highest BCUT2D eigenvalue weighted by Gasteiger charge is 2.42. The molecule has 1 aliphatic heterocycles. The lowest BCUT2D eigenvalue weighted by Crippen LogP contribution is -2.31. The van der Waals surface area contributed by atoms with Crippen LogP contribution in [0.1, 0.15) is 80.5 Å². The number of ether oxygens (including phenoxy) is 2. The molecular weight excluding hydrogens is 454 g/mol. The molecule has 0 unspecified atom stereocenters. The van der Waals surface area contributed by atoms with Crippen LogP contribution in [0.2, 0.25) is 0 Å². The van der Waals surface area contributed by atoms with E-state index in [-0.39, 0.29) is 23.8 Å². The van der Waals surface area contributed by atoms with Crippen molar-refractivity contribution in [2.75, 3.05) is 19.8 Å². The van der Waals surface area contributed by atoms with Crippen LogP contribution in [0, 0.1) is 0 Å². The Morgan fingerprint density at radius 1 is 1.03 bits per heavy atom. The predicted octanol–water partition coefficient (Wildman–Crippen LogP) is 6.10. The van der Waals surface area contributed by atoms with Crippen LogP contribution in [0.3, 0.4) is 0 Å². The van der Waals surface area contributed by atoms with Gasteiger partial charge in [-0.15, -0.1) is 0 Å². The first-order valence-electron chi connectivity index (χ1n) is 13.0. The van der Waals surface area contributed by atoms with Crippen LogP contribution in [0.5, 0.6) is 11.5 Å². The number of phenolic OH excluding ortho intramolecular Hbond substituents is 1. The second-order valence-electron chi connectivity index (χ2n) is 9.53. The van der Waals surface area contributed by atoms with Crippen molar-refractivity contribution in [3.63, 3.8) is 0 Å². The van der Waals surface area contributed by atoms with Gasteiger partial charge in [-0.1, -0.05) is 50.5 Å². The maximum atomic E-state index is 13.5. The molecule has 3 aromatic rings. The Labute approximate surface area is 213 Å². The van der Waals surface area contributed by atoms with Gasteiger partial charge in [-0.25, -0.2) is 0 Å². The number of aromatic hydroxyl groups is 1. The van der Waals surface area contributed by atoms with Crippen LogP contribution >= 0.6 is 0 Å². The summed E-state index contributed by atoms with van der Waals surface area (Å²) in [5.41, 5.74) is 3.44. The van der Waals surface area contributed by atoms with Crippen LogP contribution < -0.4 is 4.74 Å². The highest BCUT2D eigenvalue weighted by molar-refractivity contribution is 6.00. The molecule has 2 aromatic carbocycles. The number of rotatable bonds is 13. The van der Waals surface area contributed by atoms with E-state index in [9.17, 15) is 9.90 Å². The number of aromatic amines is 1. The summed E-state index contributed by atoms with van der Waals surface area (Å²) in [6.45, 7) is 8.04. The van der Waals surface area contributed by atoms with Crippen molar-refractivity contribution < 1.29 is 19.4 Å². The maximum Gasteiger partial charge on any atom is 0.273 e. The number of amides is 1. The van der Waals surface area contributed by atoms with Gasteiger partial charge in [0.15, 0.2) is 0 Å². The van der Waals surface area contributed by atoms with Crippen LogP contribution in [-0.2, 0) is 4.74 Å². The Balaban J connectivity index is 1.61. The van der Waals surface area contributed by atoms with Crippen molar-refractivity contribution in [1.29, 1.82) is 0 Å². The van der Waals surface area contributed by atoms with Crippen molar-refractivity contribution in [3.05, 3.63) is 65.4 Å². The largest absolute Gasteiger partial charge is 0.507 e. The first-order chi connectivity index (χ1) is 17.5. The first-order valence-corrected chi connectivity index (χ1v) is 13.0. The summed E-state index contributed by atoms with van der Waals surface area (Å²) in [4.78, 5) is 15.3. The molecule has 0 aliphatic carbocycles. The molecule has 2 heterocycles. The van der Waals surface area contributed by atoms with Gasteiger partial charge in [-0.3, -0.25) is 9.89 Å². The average Bonchev–Trinajstić information content (AvgIpc) is 3.41. The third kappa shape index (κ3) is 5.73. The number of carbonyl (C=O) groups excluding carboxylic acids is 1. The minimum atomic E-state index is -0.321. The molecule has 0 spiro atoms. The zero-order chi connectivity index (χ0) is 25.5. The molecule has 7 heteroatoms. The number of nitrogens with zero attached hydrogens (tertiary/aromatic N) is 2. The number of H-pyrrole nitrogens is 1. The molecule has 2 N–H and O–H groups in total. The summed E-state index contributed by atoms with van der Waals surface area (Å²) in [6.07, 6.45) is 5.52. The zero-order valence-corrected chi connectivity index (χ0v) is 21.5. The maximum absolute atomic E-state index is 13.5. The summed E-state index contributed by atoms with van der Waals surface area (Å²) >= 11 is 0. The van der Waals surface area contributed by atoms with Crippen LogP contribution in [0.4, 0.5) is 0 Å². The van der Waals surface area contributed by atoms with E-state index in [4.69, 9.17) is 9.47 Å². The van der Waals surface area contributed by atoms with Gasteiger partial charge < -0.3 is 19.5 Å². The third-order valence-electron chi connectivity index (χ3n) is 6.48. The van der Waals surface area contributed by atoms with Gasteiger partial charge in [0, 0.05) is 24.3 Å². The zero-order valence-electron chi connectivity index (χ0n) is 21.5. The minimum absolute atomic E-state index is 0.0926. The normalized spacial score (nSPS) is 15.1. The standard InChI is InChI=1S/C29H37N3O4/c1-4-5-6-9-18-36-22-15-13-21(14-16-22)28-25-26(23-11-7-8-12-24(23)33)30-31-27(25)29(34)32(28)17-10-19-35-20(2)3/h7-8,11-16,20,28,33H,4-6,9-10,17-19H2,1-3H3,(H,30,31)/t28-/m1/s1. The molecule has 0 fully saturated rings. The SMILES string of the molecule is CCCCCCOc1ccc([C@@H]2c3c(-c4ccccc4O)n[nH]c3C(=O)N2CCCOC(C)C)cc1. The number of unbranched alkanes of at least 4 members (excludes halogenated alkanes) is 3. The molecule has 0 radical (unpaired) electrons. The predicted molar refractivity (Wildman–Crippen MR) is 140 cm³/mol. The number of hydrogen-bond donors (Lipinski definition) is 2. The summed E-state index contributed by atoms with van der Waals surface area (Å²) < 4.78 is 11.6. The summed E-state index contributed by atoms with van der Waals surface area (Å²) in [7, 11) is 0. The lowest BCUT2D eigenvalue weighted by molar-refractivity contribution is 0.0601. The topological polar surface area (TPSA) is 87.7 Å². The highest BCUT2D eigenvalue weighted by atomic mass is 16.5. The molecule has 4 rings (SSSR count). The quantitative estimate of drug-likeness (QED) is 0.282. The van der Waals surface area contributed by atoms with Gasteiger partial charge in [0.2, 0.25) is 0 Å². The van der Waals surface area contributed by atoms with Crippen molar-refractivity contribution in [2.45, 2.75) is 65.0 Å². The number of fused-ring (bicyclic) bond motifs is 1. The van der Waals surface area contributed by atoms with Crippen molar-refractivity contribution >= 4 is 5.91 Å². The summed E-state index contributed by atoms with van der Waals surface area (Å²) in [5, 5.41) is 17.9. The smallest absolute Gasteiger partial charge is 0.273 e. The Morgan fingerprint density at radius 2 is 1.81 bits per heavy atom. The second kappa shape index (κ2) is 12.1. The minimum Gasteiger partial charge on any atom is -0.507 e. The van der Waals surface area contributed by atoms with Gasteiger partial charge in [-0.05, 0) is 56.5 Å². The van der Waals surface area contributed by atoms with Gasteiger partial charge in [0.25, 0.3) is 5.91 Å². The van der Waals surface area contributed by atoms with E-state index in [1.165, 1.54) is 19.3 Å². The molecule has 0 saturated heterocycles. The number of hydrogen-bond acceptors (Lipinski definition) is 5. The summed E-state index contributed by atoms with van der Waals surface area (Å²) in [6, 6.07) is 14.7. The first kappa shape index (κ1) is 25.8. The molecule has 36 heavy (non-hydrogen) atoms. The Bertz CT molecular complexity index is 1140. The molecule has 0 saturated carbocycles. The van der Waals surface area contributed by atoms with Crippen molar-refractivity contribution in [3.8, 4) is 22.8 Å². The fraction of sp³-hybridized carbons (Fsp3) is 0.448. The number of phenols is 1. The van der Waals surface area contributed by atoms with E-state index in [0.717, 1.165) is 29.7 Å². The second-order valence-corrected chi connectivity index (χ2v) is 9.53. The molecule has 192 valence electrons. The third-order valence-corrected chi connectivity index (χ3v) is 6.48. The van der Waals surface area contributed by atoms with E-state index < -0.39 is 0 Å². The number of aromatic nitrogens is 2. The van der Waals surface area contributed by atoms with E-state index in [0.29, 0.717) is 36.7 Å². The van der Waals surface area contributed by atoms with Crippen molar-refractivity contribution in [1.82, 2.24) is 15.1 Å². The molecule has 1 atom stereocenters. The van der Waals surface area contributed by atoms with Crippen LogP contribution in [-0.4, -0.2) is 52.0 Å². The van der Waals surface area contributed by atoms with Crippen LogP contribution in [0.15, 0.2) is 48.5 Å². The van der Waals surface area contributed by atoms with E-state index in [1.54, 1.807) is 12.1 Å². The molecule has 7 nitrogen and oxygen atoms in total.